The molecule has 1 aromatic heterocycles. The second-order valence-corrected chi connectivity index (χ2v) is 4.90. The predicted octanol–water partition coefficient (Wildman–Crippen LogP) is 5.20. The molecule has 2 aromatic carbocycles. The monoisotopic (exact) mass is 342 g/mol. The number of halogens is 1. The second-order valence-electron chi connectivity index (χ2n) is 4.90. The lowest BCUT2D eigenvalue weighted by Gasteiger charge is -2.11. The molecule has 0 saturated heterocycles. The Morgan fingerprint density at radius 1 is 1.00 bits per heavy atom. The molecule has 0 N–H and O–H groups in total. The molecule has 0 saturated carbocycles. The highest BCUT2D eigenvalue weighted by Crippen LogP contribution is 2.13. The van der Waals surface area contributed by atoms with E-state index in [4.69, 9.17) is 0 Å². The third-order valence-electron chi connectivity index (χ3n) is 3.52. The Bertz CT molecular complexity index is 842. The van der Waals surface area contributed by atoms with Gasteiger partial charge in [0.05, 0.1) is 10.9 Å². The Hall–Kier alpha value is -2.49. The van der Waals surface area contributed by atoms with Gasteiger partial charge in [-0.2, -0.15) is 0 Å². The molecule has 134 valence electrons. The Labute approximate surface area is 149 Å². The Morgan fingerprint density at radius 3 is 2.24 bits per heavy atom. The third kappa shape index (κ3) is 4.99. The molecule has 0 aliphatic carbocycles. The summed E-state index contributed by atoms with van der Waals surface area (Å²) < 4.78 is 14.9. The van der Waals surface area contributed by atoms with Gasteiger partial charge in [0.1, 0.15) is 11.6 Å². The third-order valence-corrected chi connectivity index (χ3v) is 3.52. The van der Waals surface area contributed by atoms with Crippen LogP contribution >= 0.6 is 0 Å². The molecule has 0 aliphatic heterocycles. The molecule has 0 radical (unpaired) electrons. The Balaban J connectivity index is 0.000000730. The first-order valence-corrected chi connectivity index (χ1v) is 8.92. The van der Waals surface area contributed by atoms with Gasteiger partial charge < -0.3 is 0 Å². The maximum Gasteiger partial charge on any atom is 0.261 e. The fourth-order valence-electron chi connectivity index (χ4n) is 2.48. The summed E-state index contributed by atoms with van der Waals surface area (Å²) in [5.41, 5.74) is 1.44. The minimum Gasteiger partial charge on any atom is -0.296 e. The first kappa shape index (κ1) is 20.6. The van der Waals surface area contributed by atoms with Crippen molar-refractivity contribution in [3.63, 3.8) is 0 Å². The summed E-state index contributed by atoms with van der Waals surface area (Å²) in [7, 11) is 0. The number of rotatable bonds is 3. The fraction of sp³-hybridized carbons (Fsp3) is 0.333. The van der Waals surface area contributed by atoms with E-state index in [1.165, 1.54) is 12.1 Å². The van der Waals surface area contributed by atoms with E-state index in [-0.39, 0.29) is 5.56 Å². The van der Waals surface area contributed by atoms with Crippen LogP contribution in [-0.2, 0) is 13.0 Å². The van der Waals surface area contributed by atoms with E-state index < -0.39 is 5.82 Å². The molecule has 0 bridgehead atoms. The number of fused-ring (bicyclic) bond motifs is 1. The van der Waals surface area contributed by atoms with Crippen molar-refractivity contribution in [3.8, 4) is 0 Å². The highest BCUT2D eigenvalue weighted by molar-refractivity contribution is 5.77. The lowest BCUT2D eigenvalue weighted by molar-refractivity contribution is 0.627. The lowest BCUT2D eigenvalue weighted by atomic mass is 10.1. The van der Waals surface area contributed by atoms with E-state index in [9.17, 15) is 9.18 Å². The molecule has 3 aromatic rings. The van der Waals surface area contributed by atoms with Gasteiger partial charge in [-0.15, -0.1) is 0 Å². The second kappa shape index (κ2) is 10.4. The van der Waals surface area contributed by atoms with Crippen LogP contribution in [0.1, 0.15) is 46.0 Å². The standard InChI is InChI=1S/C17H15FN2O.2C2H6/c1-2-20-16(10-12-6-4-3-5-7-12)19-15-9-8-13(18)11-14(15)17(20)21;2*1-2/h3-9,11H,2,10H2,1H3;2*1-2H3. The van der Waals surface area contributed by atoms with Crippen molar-refractivity contribution in [2.45, 2.75) is 47.6 Å². The van der Waals surface area contributed by atoms with Crippen molar-refractivity contribution >= 4 is 10.9 Å². The maximum atomic E-state index is 13.3. The molecular formula is C21H27FN2O. The van der Waals surface area contributed by atoms with Gasteiger partial charge in [-0.3, -0.25) is 9.36 Å². The number of benzene rings is 2. The highest BCUT2D eigenvalue weighted by atomic mass is 19.1. The number of hydrogen-bond acceptors (Lipinski definition) is 2. The van der Waals surface area contributed by atoms with Gasteiger partial charge in [0.2, 0.25) is 0 Å². The largest absolute Gasteiger partial charge is 0.296 e. The van der Waals surface area contributed by atoms with Crippen LogP contribution in [-0.4, -0.2) is 9.55 Å². The summed E-state index contributed by atoms with van der Waals surface area (Å²) in [4.78, 5) is 17.0. The summed E-state index contributed by atoms with van der Waals surface area (Å²) in [5, 5.41) is 0.327. The normalized spacial score (nSPS) is 9.68. The van der Waals surface area contributed by atoms with Crippen LogP contribution in [0.25, 0.3) is 10.9 Å². The smallest absolute Gasteiger partial charge is 0.261 e. The van der Waals surface area contributed by atoms with E-state index in [2.05, 4.69) is 4.98 Å². The van der Waals surface area contributed by atoms with E-state index in [1.54, 1.807) is 10.6 Å². The zero-order valence-electron chi connectivity index (χ0n) is 15.7. The van der Waals surface area contributed by atoms with Crippen LogP contribution in [0.2, 0.25) is 0 Å². The van der Waals surface area contributed by atoms with E-state index >= 15 is 0 Å². The van der Waals surface area contributed by atoms with Crippen molar-refractivity contribution in [2.75, 3.05) is 0 Å². The van der Waals surface area contributed by atoms with Crippen LogP contribution < -0.4 is 5.56 Å². The van der Waals surface area contributed by atoms with Crippen molar-refractivity contribution in [2.24, 2.45) is 0 Å². The molecule has 3 rings (SSSR count). The van der Waals surface area contributed by atoms with Gasteiger partial charge >= 0.3 is 0 Å². The van der Waals surface area contributed by atoms with Crippen LogP contribution in [0, 0.1) is 5.82 Å². The number of nitrogens with zero attached hydrogens (tertiary/aromatic N) is 2. The molecule has 4 heteroatoms. The molecule has 25 heavy (non-hydrogen) atoms. The first-order chi connectivity index (χ1) is 12.2. The van der Waals surface area contributed by atoms with E-state index in [0.717, 1.165) is 5.56 Å². The zero-order valence-corrected chi connectivity index (χ0v) is 15.7. The minimum atomic E-state index is -0.417. The lowest BCUT2D eigenvalue weighted by Crippen LogP contribution is -2.25. The fourth-order valence-corrected chi connectivity index (χ4v) is 2.48. The minimum absolute atomic E-state index is 0.187. The molecular weight excluding hydrogens is 315 g/mol. The van der Waals surface area contributed by atoms with Crippen LogP contribution in [0.3, 0.4) is 0 Å². The Kier molecular flexibility index (Phi) is 8.54. The average molecular weight is 342 g/mol. The molecule has 0 aliphatic rings. The zero-order chi connectivity index (χ0) is 18.8. The quantitative estimate of drug-likeness (QED) is 0.656. The van der Waals surface area contributed by atoms with Gasteiger partial charge in [-0.1, -0.05) is 58.0 Å². The molecule has 1 heterocycles. The Morgan fingerprint density at radius 2 is 1.64 bits per heavy atom. The van der Waals surface area contributed by atoms with Crippen LogP contribution in [0.5, 0.6) is 0 Å². The van der Waals surface area contributed by atoms with Crippen molar-refractivity contribution < 1.29 is 4.39 Å². The van der Waals surface area contributed by atoms with Crippen LogP contribution in [0.4, 0.5) is 4.39 Å². The van der Waals surface area contributed by atoms with Crippen molar-refractivity contribution in [1.29, 1.82) is 0 Å². The number of aromatic nitrogens is 2. The topological polar surface area (TPSA) is 34.9 Å². The summed E-state index contributed by atoms with van der Waals surface area (Å²) in [6, 6.07) is 14.0. The summed E-state index contributed by atoms with van der Waals surface area (Å²) in [6.07, 6.45) is 0.581. The predicted molar refractivity (Wildman–Crippen MR) is 104 cm³/mol. The summed E-state index contributed by atoms with van der Waals surface area (Å²) in [5.74, 6) is 0.285. The van der Waals surface area contributed by atoms with E-state index in [1.807, 2.05) is 65.0 Å². The SMILES string of the molecule is CC.CC.CCn1c(Cc2ccccc2)nc2ccc(F)cc2c1=O. The van der Waals surface area contributed by atoms with Gasteiger partial charge in [-0.25, -0.2) is 9.37 Å². The summed E-state index contributed by atoms with van der Waals surface area (Å²) >= 11 is 0. The van der Waals surface area contributed by atoms with Gasteiger partial charge in [-0.05, 0) is 30.7 Å². The average Bonchev–Trinajstić information content (AvgIpc) is 2.67. The van der Waals surface area contributed by atoms with Crippen LogP contribution in [0.15, 0.2) is 53.3 Å². The maximum absolute atomic E-state index is 13.3. The van der Waals surface area contributed by atoms with Gasteiger partial charge in [0.25, 0.3) is 5.56 Å². The van der Waals surface area contributed by atoms with E-state index in [0.29, 0.717) is 29.7 Å². The highest BCUT2D eigenvalue weighted by Gasteiger charge is 2.11. The van der Waals surface area contributed by atoms with Crippen molar-refractivity contribution in [3.05, 3.63) is 76.1 Å². The first-order valence-electron chi connectivity index (χ1n) is 8.92. The molecule has 3 nitrogen and oxygen atoms in total. The molecule has 0 fully saturated rings. The molecule has 0 atom stereocenters. The molecule has 0 unspecified atom stereocenters. The molecule has 0 amide bonds. The molecule has 0 spiro atoms. The number of hydrogen-bond donors (Lipinski definition) is 0. The van der Waals surface area contributed by atoms with Gasteiger partial charge in [0, 0.05) is 13.0 Å². The van der Waals surface area contributed by atoms with Gasteiger partial charge in [0.15, 0.2) is 0 Å². The van der Waals surface area contributed by atoms with Crippen molar-refractivity contribution in [1.82, 2.24) is 9.55 Å². The summed E-state index contributed by atoms with van der Waals surface area (Å²) in [6.45, 7) is 10.4.